The molecule has 0 saturated carbocycles. The Kier molecular flexibility index (Phi) is 4.25. The number of benzene rings is 1. The van der Waals surface area contributed by atoms with E-state index in [4.69, 9.17) is 14.3 Å². The summed E-state index contributed by atoms with van der Waals surface area (Å²) in [6.45, 7) is 4.75. The van der Waals surface area contributed by atoms with Crippen molar-refractivity contribution >= 4 is 28.8 Å². The normalized spacial score (nSPS) is 20.4. The van der Waals surface area contributed by atoms with Crippen LogP contribution in [0.1, 0.15) is 26.8 Å². The molecule has 1 saturated heterocycles. The fourth-order valence-electron chi connectivity index (χ4n) is 2.92. The molecule has 0 bridgehead atoms. The van der Waals surface area contributed by atoms with E-state index in [1.807, 2.05) is 13.8 Å². The first kappa shape index (κ1) is 17.0. The predicted octanol–water partition coefficient (Wildman–Crippen LogP) is 0.955. The van der Waals surface area contributed by atoms with E-state index in [2.05, 4.69) is 5.32 Å². The Labute approximate surface area is 142 Å². The van der Waals surface area contributed by atoms with Crippen LogP contribution in [0.25, 0.3) is 11.1 Å². The molecule has 1 aromatic carbocycles. The second kappa shape index (κ2) is 6.25. The van der Waals surface area contributed by atoms with Gasteiger partial charge < -0.3 is 19.6 Å². The third-order valence-corrected chi connectivity index (χ3v) is 4.11. The third kappa shape index (κ3) is 2.86. The molecular formula is C16H19N3O6. The lowest BCUT2D eigenvalue weighted by Gasteiger charge is -2.21. The largest absolute Gasteiger partial charge is 0.423 e. The number of ether oxygens (including phenoxy) is 1. The summed E-state index contributed by atoms with van der Waals surface area (Å²) in [6.07, 6.45) is -1.52. The fraction of sp³-hybridized carbons (Fsp3) is 0.438. The summed E-state index contributed by atoms with van der Waals surface area (Å²) >= 11 is 0. The van der Waals surface area contributed by atoms with Crippen LogP contribution in [0.3, 0.4) is 0 Å². The van der Waals surface area contributed by atoms with Crippen LogP contribution in [0.2, 0.25) is 0 Å². The molecule has 1 aromatic heterocycles. The van der Waals surface area contributed by atoms with Gasteiger partial charge in [-0.1, -0.05) is 0 Å². The maximum atomic E-state index is 12.2. The Morgan fingerprint density at radius 2 is 2.08 bits per heavy atom. The number of nitrogens with zero attached hydrogens (tertiary/aromatic N) is 2. The maximum Gasteiger partial charge on any atom is 0.420 e. The lowest BCUT2D eigenvalue weighted by atomic mass is 10.2. The van der Waals surface area contributed by atoms with Gasteiger partial charge in [0, 0.05) is 12.1 Å². The van der Waals surface area contributed by atoms with Crippen molar-refractivity contribution in [3.63, 3.8) is 0 Å². The smallest absolute Gasteiger partial charge is 0.420 e. The molecule has 134 valence electrons. The highest BCUT2D eigenvalue weighted by Crippen LogP contribution is 2.29. The molecule has 9 heteroatoms. The lowest BCUT2D eigenvalue weighted by molar-refractivity contribution is -0.126. The SMILES string of the molecule is CC1[C@@H](NC(=O)CO)OC(=O)N1c1ccc2c(c1)oc(=O)n2C(C)C. The molecule has 0 spiro atoms. The molecule has 1 aliphatic rings. The number of oxazole rings is 1. The molecule has 2 amide bonds. The summed E-state index contributed by atoms with van der Waals surface area (Å²) in [7, 11) is 0. The number of amides is 2. The van der Waals surface area contributed by atoms with Crippen LogP contribution < -0.4 is 16.0 Å². The highest BCUT2D eigenvalue weighted by molar-refractivity contribution is 5.93. The minimum atomic E-state index is -0.880. The topological polar surface area (TPSA) is 114 Å². The summed E-state index contributed by atoms with van der Waals surface area (Å²) in [6, 6.07) is 4.41. The second-order valence-electron chi connectivity index (χ2n) is 6.12. The number of hydrogen-bond acceptors (Lipinski definition) is 6. The van der Waals surface area contributed by atoms with Gasteiger partial charge in [-0.3, -0.25) is 14.3 Å². The van der Waals surface area contributed by atoms with E-state index in [1.54, 1.807) is 25.1 Å². The van der Waals surface area contributed by atoms with Crippen LogP contribution in [0.5, 0.6) is 0 Å². The van der Waals surface area contributed by atoms with E-state index < -0.39 is 36.6 Å². The summed E-state index contributed by atoms with van der Waals surface area (Å²) in [5, 5.41) is 11.2. The first-order valence-corrected chi connectivity index (χ1v) is 7.88. The predicted molar refractivity (Wildman–Crippen MR) is 88.3 cm³/mol. The van der Waals surface area contributed by atoms with Gasteiger partial charge in [-0.05, 0) is 32.9 Å². The van der Waals surface area contributed by atoms with Crippen molar-refractivity contribution in [2.24, 2.45) is 0 Å². The maximum absolute atomic E-state index is 12.2. The van der Waals surface area contributed by atoms with Crippen molar-refractivity contribution in [2.45, 2.75) is 39.1 Å². The van der Waals surface area contributed by atoms with Gasteiger partial charge in [0.2, 0.25) is 5.91 Å². The summed E-state index contributed by atoms with van der Waals surface area (Å²) < 4.78 is 11.9. The molecule has 9 nitrogen and oxygen atoms in total. The van der Waals surface area contributed by atoms with Gasteiger partial charge in [-0.2, -0.15) is 0 Å². The Morgan fingerprint density at radius 3 is 2.72 bits per heavy atom. The van der Waals surface area contributed by atoms with Gasteiger partial charge in [0.15, 0.2) is 11.8 Å². The van der Waals surface area contributed by atoms with Crippen LogP contribution in [0.4, 0.5) is 10.5 Å². The van der Waals surface area contributed by atoms with Crippen molar-refractivity contribution in [1.29, 1.82) is 0 Å². The van der Waals surface area contributed by atoms with Crippen molar-refractivity contribution < 1.29 is 23.8 Å². The minimum Gasteiger partial charge on any atom is -0.423 e. The number of carbonyl (C=O) groups is 2. The van der Waals surface area contributed by atoms with Crippen LogP contribution in [-0.2, 0) is 9.53 Å². The average Bonchev–Trinajstić information content (AvgIpc) is 3.02. The van der Waals surface area contributed by atoms with Gasteiger partial charge in [-0.25, -0.2) is 9.59 Å². The van der Waals surface area contributed by atoms with Crippen molar-refractivity contribution in [3.8, 4) is 0 Å². The van der Waals surface area contributed by atoms with Crippen LogP contribution >= 0.6 is 0 Å². The molecule has 1 unspecified atom stereocenters. The van der Waals surface area contributed by atoms with Crippen LogP contribution in [-0.4, -0.2) is 40.6 Å². The van der Waals surface area contributed by atoms with Crippen molar-refractivity contribution in [1.82, 2.24) is 9.88 Å². The zero-order chi connectivity index (χ0) is 18.3. The zero-order valence-electron chi connectivity index (χ0n) is 14.1. The van der Waals surface area contributed by atoms with Gasteiger partial charge in [-0.15, -0.1) is 0 Å². The van der Waals surface area contributed by atoms with E-state index in [0.29, 0.717) is 16.8 Å². The van der Waals surface area contributed by atoms with E-state index in [0.717, 1.165) is 0 Å². The molecule has 2 aromatic rings. The number of rotatable bonds is 4. The van der Waals surface area contributed by atoms with E-state index in [-0.39, 0.29) is 6.04 Å². The first-order valence-electron chi connectivity index (χ1n) is 7.88. The Bertz CT molecular complexity index is 884. The molecule has 3 rings (SSSR count). The number of carbonyl (C=O) groups excluding carboxylic acids is 2. The molecule has 2 N–H and O–H groups in total. The van der Waals surface area contributed by atoms with Gasteiger partial charge in [0.25, 0.3) is 0 Å². The van der Waals surface area contributed by atoms with Crippen LogP contribution in [0.15, 0.2) is 27.4 Å². The highest BCUT2D eigenvalue weighted by Gasteiger charge is 2.40. The summed E-state index contributed by atoms with van der Waals surface area (Å²) in [5.74, 6) is -1.10. The number of fused-ring (bicyclic) bond motifs is 1. The molecular weight excluding hydrogens is 330 g/mol. The molecule has 2 atom stereocenters. The Balaban J connectivity index is 1.95. The van der Waals surface area contributed by atoms with Crippen molar-refractivity contribution in [2.75, 3.05) is 11.5 Å². The average molecular weight is 349 g/mol. The minimum absolute atomic E-state index is 0.0617. The molecule has 0 radical (unpaired) electrons. The molecule has 2 heterocycles. The quantitative estimate of drug-likeness (QED) is 0.850. The fourth-order valence-corrected chi connectivity index (χ4v) is 2.92. The summed E-state index contributed by atoms with van der Waals surface area (Å²) in [5.41, 5.74) is 1.48. The van der Waals surface area contributed by atoms with Crippen molar-refractivity contribution in [3.05, 3.63) is 28.7 Å². The highest BCUT2D eigenvalue weighted by atomic mass is 16.6. The number of nitrogens with one attached hydrogen (secondary N) is 1. The van der Waals surface area contributed by atoms with E-state index >= 15 is 0 Å². The van der Waals surface area contributed by atoms with E-state index in [1.165, 1.54) is 9.47 Å². The zero-order valence-corrected chi connectivity index (χ0v) is 14.1. The van der Waals surface area contributed by atoms with E-state index in [9.17, 15) is 14.4 Å². The monoisotopic (exact) mass is 349 g/mol. The number of anilines is 1. The third-order valence-electron chi connectivity index (χ3n) is 4.11. The number of cyclic esters (lactones) is 1. The molecule has 25 heavy (non-hydrogen) atoms. The number of aliphatic hydroxyl groups excluding tert-OH is 1. The lowest BCUT2D eigenvalue weighted by Crippen LogP contribution is -2.45. The molecule has 0 aliphatic carbocycles. The van der Waals surface area contributed by atoms with Crippen LogP contribution in [0, 0.1) is 0 Å². The van der Waals surface area contributed by atoms with Gasteiger partial charge >= 0.3 is 11.8 Å². The molecule has 1 fully saturated rings. The van der Waals surface area contributed by atoms with Gasteiger partial charge in [0.05, 0.1) is 17.2 Å². The standard InChI is InChI=1S/C16H19N3O6/c1-8(2)18-11-5-4-10(6-12(11)24-15(18)22)19-9(3)14(25-16(19)23)17-13(21)7-20/h4-6,8-9,14,20H,7H2,1-3H3,(H,17,21)/t9?,14-/m0/s1. The Morgan fingerprint density at radius 1 is 1.36 bits per heavy atom. The number of aliphatic hydroxyl groups is 1. The second-order valence-corrected chi connectivity index (χ2v) is 6.12. The number of hydrogen-bond donors (Lipinski definition) is 2. The first-order chi connectivity index (χ1) is 11.8. The van der Waals surface area contributed by atoms with Gasteiger partial charge in [0.1, 0.15) is 6.61 Å². The Hall–Kier alpha value is -2.81. The molecule has 1 aliphatic heterocycles. The number of aromatic nitrogens is 1. The summed E-state index contributed by atoms with van der Waals surface area (Å²) in [4.78, 5) is 36.8.